The Morgan fingerprint density at radius 3 is 2.67 bits per heavy atom. The molecule has 1 amide bonds. The second-order valence-electron chi connectivity index (χ2n) is 3.80. The lowest BCUT2D eigenvalue weighted by Crippen LogP contribution is -2.31. The summed E-state index contributed by atoms with van der Waals surface area (Å²) in [7, 11) is 1.33. The highest BCUT2D eigenvalue weighted by atomic mass is 19.1. The van der Waals surface area contributed by atoms with E-state index in [1.54, 1.807) is 0 Å². The van der Waals surface area contributed by atoms with E-state index >= 15 is 0 Å². The average molecular weight is 255 g/mol. The van der Waals surface area contributed by atoms with E-state index in [1.807, 2.05) is 0 Å². The van der Waals surface area contributed by atoms with Crippen molar-refractivity contribution in [1.82, 2.24) is 5.32 Å². The molecular formula is C12H14FNO4. The smallest absolute Gasteiger partial charge is 0.308 e. The van der Waals surface area contributed by atoms with E-state index in [0.717, 1.165) is 6.07 Å². The van der Waals surface area contributed by atoms with Crippen LogP contribution in [-0.4, -0.2) is 30.6 Å². The first-order chi connectivity index (χ1) is 8.45. The molecule has 0 saturated heterocycles. The number of nitrogens with one attached hydrogen (secondary N) is 1. The van der Waals surface area contributed by atoms with Crippen molar-refractivity contribution in [2.75, 3.05) is 13.7 Å². The molecular weight excluding hydrogens is 241 g/mol. The number of amides is 1. The first-order valence-electron chi connectivity index (χ1n) is 5.30. The van der Waals surface area contributed by atoms with Crippen LogP contribution in [0.4, 0.5) is 4.39 Å². The number of carboxylic acid groups (broad SMARTS) is 1. The monoisotopic (exact) mass is 255 g/mol. The van der Waals surface area contributed by atoms with Crippen molar-refractivity contribution in [1.29, 1.82) is 0 Å². The molecule has 18 heavy (non-hydrogen) atoms. The Kier molecular flexibility index (Phi) is 4.65. The summed E-state index contributed by atoms with van der Waals surface area (Å²) in [5, 5.41) is 11.1. The third-order valence-electron chi connectivity index (χ3n) is 2.40. The van der Waals surface area contributed by atoms with Crippen LogP contribution < -0.4 is 10.1 Å². The topological polar surface area (TPSA) is 75.6 Å². The lowest BCUT2D eigenvalue weighted by Gasteiger charge is -2.09. The van der Waals surface area contributed by atoms with E-state index in [1.165, 1.54) is 26.2 Å². The van der Waals surface area contributed by atoms with Crippen molar-refractivity contribution in [3.05, 3.63) is 29.6 Å². The lowest BCUT2D eigenvalue weighted by molar-refractivity contribution is -0.140. The maximum absolute atomic E-state index is 13.3. The lowest BCUT2D eigenvalue weighted by atomic mass is 10.1. The molecule has 0 aromatic heterocycles. The molecule has 98 valence electrons. The Hall–Kier alpha value is -2.11. The molecule has 0 bridgehead atoms. The predicted octanol–water partition coefficient (Wildman–Crippen LogP) is 1.28. The van der Waals surface area contributed by atoms with Crippen LogP contribution >= 0.6 is 0 Å². The van der Waals surface area contributed by atoms with Gasteiger partial charge in [0.15, 0.2) is 11.6 Å². The quantitative estimate of drug-likeness (QED) is 0.831. The molecule has 6 heteroatoms. The van der Waals surface area contributed by atoms with Gasteiger partial charge >= 0.3 is 5.97 Å². The molecule has 0 heterocycles. The van der Waals surface area contributed by atoms with Gasteiger partial charge < -0.3 is 15.2 Å². The molecule has 0 aliphatic heterocycles. The minimum absolute atomic E-state index is 0.0121. The Morgan fingerprint density at radius 1 is 1.50 bits per heavy atom. The molecule has 0 saturated carbocycles. The molecule has 0 aliphatic rings. The molecule has 2 N–H and O–H groups in total. The summed E-state index contributed by atoms with van der Waals surface area (Å²) in [5.74, 6) is -2.82. The number of hydrogen-bond donors (Lipinski definition) is 2. The molecule has 1 atom stereocenters. The number of carbonyl (C=O) groups excluding carboxylic acids is 1. The van der Waals surface area contributed by atoms with Gasteiger partial charge in [0.2, 0.25) is 0 Å². The first-order valence-corrected chi connectivity index (χ1v) is 5.30. The number of methoxy groups -OCH3 is 1. The summed E-state index contributed by atoms with van der Waals surface area (Å²) in [6, 6.07) is 3.78. The van der Waals surface area contributed by atoms with Crippen molar-refractivity contribution < 1.29 is 23.8 Å². The number of halogens is 1. The fourth-order valence-electron chi connectivity index (χ4n) is 1.24. The normalized spacial score (nSPS) is 11.7. The van der Waals surface area contributed by atoms with Crippen LogP contribution in [0.2, 0.25) is 0 Å². The van der Waals surface area contributed by atoms with E-state index in [9.17, 15) is 14.0 Å². The Labute approximate surface area is 104 Å². The van der Waals surface area contributed by atoms with Crippen LogP contribution in [0.1, 0.15) is 17.3 Å². The van der Waals surface area contributed by atoms with Gasteiger partial charge in [-0.25, -0.2) is 4.39 Å². The van der Waals surface area contributed by atoms with Crippen molar-refractivity contribution in [2.24, 2.45) is 5.92 Å². The Bertz CT molecular complexity index is 461. The first kappa shape index (κ1) is 14.0. The third kappa shape index (κ3) is 3.44. The zero-order valence-electron chi connectivity index (χ0n) is 10.1. The van der Waals surface area contributed by atoms with Gasteiger partial charge in [-0.2, -0.15) is 0 Å². The highest BCUT2D eigenvalue weighted by Crippen LogP contribution is 2.17. The summed E-state index contributed by atoms with van der Waals surface area (Å²) in [4.78, 5) is 22.2. The molecule has 1 aromatic carbocycles. The summed E-state index contributed by atoms with van der Waals surface area (Å²) in [5.41, 5.74) is 0.117. The zero-order chi connectivity index (χ0) is 13.7. The predicted molar refractivity (Wildman–Crippen MR) is 62.1 cm³/mol. The number of rotatable bonds is 5. The van der Waals surface area contributed by atoms with Crippen molar-refractivity contribution in [2.45, 2.75) is 6.92 Å². The standard InChI is InChI=1S/C12H14FNO4/c1-7(12(16)17)6-14-11(15)8-3-4-10(18-2)9(13)5-8/h3-5,7H,6H2,1-2H3,(H,14,15)(H,16,17). The van der Waals surface area contributed by atoms with Crippen molar-refractivity contribution >= 4 is 11.9 Å². The maximum Gasteiger partial charge on any atom is 0.308 e. The third-order valence-corrected chi connectivity index (χ3v) is 2.40. The Balaban J connectivity index is 2.67. The molecule has 1 unspecified atom stereocenters. The molecule has 0 spiro atoms. The van der Waals surface area contributed by atoms with Crippen LogP contribution in [0.3, 0.4) is 0 Å². The van der Waals surface area contributed by atoms with Crippen LogP contribution in [0.25, 0.3) is 0 Å². The SMILES string of the molecule is COc1ccc(C(=O)NCC(C)C(=O)O)cc1F. The molecule has 1 aromatic rings. The van der Waals surface area contributed by atoms with Crippen molar-refractivity contribution in [3.63, 3.8) is 0 Å². The zero-order valence-corrected chi connectivity index (χ0v) is 10.1. The maximum atomic E-state index is 13.3. The fourth-order valence-corrected chi connectivity index (χ4v) is 1.24. The molecule has 1 rings (SSSR count). The number of benzene rings is 1. The molecule has 0 aliphatic carbocycles. The number of carboxylic acids is 1. The highest BCUT2D eigenvalue weighted by Gasteiger charge is 2.14. The largest absolute Gasteiger partial charge is 0.494 e. The highest BCUT2D eigenvalue weighted by molar-refractivity contribution is 5.94. The van der Waals surface area contributed by atoms with Crippen LogP contribution in [0, 0.1) is 11.7 Å². The van der Waals surface area contributed by atoms with Gasteiger partial charge in [0.1, 0.15) is 0 Å². The number of ether oxygens (including phenoxy) is 1. The summed E-state index contributed by atoms with van der Waals surface area (Å²) in [6.45, 7) is 1.46. The van der Waals surface area contributed by atoms with Crippen LogP contribution in [0.15, 0.2) is 18.2 Å². The number of hydrogen-bond acceptors (Lipinski definition) is 3. The minimum Gasteiger partial charge on any atom is -0.494 e. The summed E-state index contributed by atoms with van der Waals surface area (Å²) < 4.78 is 18.1. The second kappa shape index (κ2) is 6.00. The van der Waals surface area contributed by atoms with Gasteiger partial charge in [-0.05, 0) is 18.2 Å². The van der Waals surface area contributed by atoms with Gasteiger partial charge in [-0.1, -0.05) is 6.92 Å². The van der Waals surface area contributed by atoms with E-state index in [4.69, 9.17) is 9.84 Å². The molecule has 0 fully saturated rings. The van der Waals surface area contributed by atoms with Crippen LogP contribution in [-0.2, 0) is 4.79 Å². The van der Waals surface area contributed by atoms with Gasteiger partial charge in [0, 0.05) is 12.1 Å². The van der Waals surface area contributed by atoms with Gasteiger partial charge in [-0.15, -0.1) is 0 Å². The second-order valence-corrected chi connectivity index (χ2v) is 3.80. The van der Waals surface area contributed by atoms with Crippen molar-refractivity contribution in [3.8, 4) is 5.75 Å². The average Bonchev–Trinajstić information content (AvgIpc) is 2.35. The Morgan fingerprint density at radius 2 is 2.17 bits per heavy atom. The van der Waals surface area contributed by atoms with Gasteiger partial charge in [0.05, 0.1) is 13.0 Å². The van der Waals surface area contributed by atoms with E-state index < -0.39 is 23.6 Å². The molecule has 0 radical (unpaired) electrons. The van der Waals surface area contributed by atoms with E-state index in [0.29, 0.717) is 0 Å². The number of carbonyl (C=O) groups is 2. The molecule has 5 nitrogen and oxygen atoms in total. The fraction of sp³-hybridized carbons (Fsp3) is 0.333. The van der Waals surface area contributed by atoms with E-state index in [2.05, 4.69) is 5.32 Å². The van der Waals surface area contributed by atoms with Gasteiger partial charge in [0.25, 0.3) is 5.91 Å². The number of aliphatic carboxylic acids is 1. The minimum atomic E-state index is -1.00. The summed E-state index contributed by atoms with van der Waals surface area (Å²) >= 11 is 0. The van der Waals surface area contributed by atoms with Crippen LogP contribution in [0.5, 0.6) is 5.75 Å². The summed E-state index contributed by atoms with van der Waals surface area (Å²) in [6.07, 6.45) is 0. The van der Waals surface area contributed by atoms with E-state index in [-0.39, 0.29) is 17.9 Å². The van der Waals surface area contributed by atoms with Gasteiger partial charge in [-0.3, -0.25) is 9.59 Å².